The fraction of sp³-hybridized carbons (Fsp3) is 0.600. The third kappa shape index (κ3) is 8.97. The van der Waals surface area contributed by atoms with Gasteiger partial charge in [0.05, 0.1) is 0 Å². The van der Waals surface area contributed by atoms with Crippen LogP contribution in [0.15, 0.2) is 12.4 Å². The standard InChI is InChI=1S/C20H30N8O8S2.Tc/c1-13-21-9-17(27(33)34)25(13)7-5-23(15(11-37)19(29)30)3-4-24(16(12-38)20(31)32)6-8-26-14(2)22-10-18(26)28(35)36;/h9-10,15-16,37-38H,3-8,11-12H2,1-2H3,(H,29,30)(H,31,32);/i;1+1. The summed E-state index contributed by atoms with van der Waals surface area (Å²) in [5, 5.41) is 42.1. The molecule has 2 rings (SSSR count). The molecule has 0 saturated heterocycles. The van der Waals surface area contributed by atoms with E-state index in [1.54, 1.807) is 23.6 Å². The van der Waals surface area contributed by atoms with Crippen LogP contribution in [0.2, 0.25) is 0 Å². The second-order valence-corrected chi connectivity index (χ2v) is 9.02. The van der Waals surface area contributed by atoms with Crippen LogP contribution in [0.5, 0.6) is 0 Å². The summed E-state index contributed by atoms with van der Waals surface area (Å²) >= 11 is 8.30. The number of thiol groups is 2. The Morgan fingerprint density at radius 2 is 1.18 bits per heavy atom. The van der Waals surface area contributed by atoms with Gasteiger partial charge in [0.25, 0.3) is 0 Å². The van der Waals surface area contributed by atoms with Gasteiger partial charge in [0.2, 0.25) is 0 Å². The fourth-order valence-electron chi connectivity index (χ4n) is 4.02. The summed E-state index contributed by atoms with van der Waals surface area (Å²) in [5.74, 6) is -2.14. The number of carboxylic acid groups (broad SMARTS) is 2. The van der Waals surface area contributed by atoms with Gasteiger partial charge in [-0.2, -0.15) is 25.3 Å². The molecule has 1 radical (unpaired) electrons. The molecule has 0 aliphatic carbocycles. The quantitative estimate of drug-likeness (QED) is 0.104. The van der Waals surface area contributed by atoms with E-state index in [4.69, 9.17) is 0 Å². The van der Waals surface area contributed by atoms with Gasteiger partial charge in [0.1, 0.15) is 37.6 Å². The monoisotopic (exact) mass is 673 g/mol. The maximum atomic E-state index is 11.9. The number of nitrogens with zero attached hydrogens (tertiary/aromatic N) is 8. The van der Waals surface area contributed by atoms with Gasteiger partial charge in [-0.3, -0.25) is 19.4 Å². The summed E-state index contributed by atoms with van der Waals surface area (Å²) in [6.07, 6.45) is 2.24. The van der Waals surface area contributed by atoms with E-state index in [0.29, 0.717) is 11.6 Å². The number of nitro groups is 2. The normalized spacial score (nSPS) is 12.8. The summed E-state index contributed by atoms with van der Waals surface area (Å²) in [6.45, 7) is 3.61. The Morgan fingerprint density at radius 3 is 1.44 bits per heavy atom. The molecule has 2 heterocycles. The molecule has 16 nitrogen and oxygen atoms in total. The number of imidazole rings is 2. The Labute approximate surface area is 247 Å². The van der Waals surface area contributed by atoms with Crippen LogP contribution in [0.3, 0.4) is 0 Å². The molecule has 0 spiro atoms. The molecule has 19 heteroatoms. The van der Waals surface area contributed by atoms with E-state index in [2.05, 4.69) is 35.2 Å². The summed E-state index contributed by atoms with van der Waals surface area (Å²) in [5.41, 5.74) is 0. The largest absolute Gasteiger partial charge is 0.480 e. The van der Waals surface area contributed by atoms with Crippen molar-refractivity contribution in [1.82, 2.24) is 28.9 Å². The minimum Gasteiger partial charge on any atom is -0.480 e. The first-order chi connectivity index (χ1) is 17.9. The molecular weight excluding hydrogens is 643 g/mol. The average molecular weight is 674 g/mol. The molecule has 0 amide bonds. The molecule has 2 aromatic rings. The zero-order valence-electron chi connectivity index (χ0n) is 21.2. The van der Waals surface area contributed by atoms with Crippen molar-refractivity contribution in [1.29, 1.82) is 0 Å². The van der Waals surface area contributed by atoms with E-state index < -0.39 is 33.9 Å². The van der Waals surface area contributed by atoms with Gasteiger partial charge in [0, 0.05) is 71.6 Å². The van der Waals surface area contributed by atoms with Crippen LogP contribution >= 0.6 is 25.3 Å². The fourth-order valence-corrected chi connectivity index (χ4v) is 4.79. The SMILES string of the molecule is Cc1ncc([N+](=O)[O-])n1CCN(CCN(CCn1c([N+](=O)[O-])cnc1C)C(CS)C(=O)O)C(CS)C(=O)O.[99Tc]. The maximum Gasteiger partial charge on any atom is 0.342 e. The van der Waals surface area contributed by atoms with E-state index in [0.717, 1.165) is 12.4 Å². The van der Waals surface area contributed by atoms with Gasteiger partial charge < -0.3 is 30.4 Å². The smallest absolute Gasteiger partial charge is 0.342 e. The molecular formula is C20H30N8O8S2Tc. The number of hydrogen-bond donors (Lipinski definition) is 4. The predicted octanol–water partition coefficient (Wildman–Crippen LogP) is 0.581. The summed E-state index contributed by atoms with van der Waals surface area (Å²) in [7, 11) is 0. The summed E-state index contributed by atoms with van der Waals surface area (Å²) in [6, 6.07) is -2.11. The van der Waals surface area contributed by atoms with Crippen molar-refractivity contribution in [3.05, 3.63) is 44.3 Å². The van der Waals surface area contributed by atoms with Gasteiger partial charge in [-0.25, -0.2) is 19.1 Å². The van der Waals surface area contributed by atoms with E-state index in [1.165, 1.54) is 9.13 Å². The van der Waals surface area contributed by atoms with Crippen molar-refractivity contribution >= 4 is 48.8 Å². The van der Waals surface area contributed by atoms with E-state index >= 15 is 0 Å². The van der Waals surface area contributed by atoms with Crippen LogP contribution in [0, 0.1) is 34.1 Å². The molecule has 0 aromatic carbocycles. The Morgan fingerprint density at radius 1 is 0.846 bits per heavy atom. The van der Waals surface area contributed by atoms with Gasteiger partial charge in [-0.05, 0) is 9.85 Å². The van der Waals surface area contributed by atoms with Crippen LogP contribution in [0.25, 0.3) is 0 Å². The predicted molar refractivity (Wildman–Crippen MR) is 141 cm³/mol. The first-order valence-electron chi connectivity index (χ1n) is 11.4. The van der Waals surface area contributed by atoms with Crippen molar-refractivity contribution in [3.63, 3.8) is 0 Å². The molecule has 2 unspecified atom stereocenters. The first kappa shape index (κ1) is 34.5. The second-order valence-electron chi connectivity index (χ2n) is 8.29. The third-order valence-corrected chi connectivity index (χ3v) is 6.83. The van der Waals surface area contributed by atoms with Gasteiger partial charge in [0.15, 0.2) is 11.6 Å². The maximum absolute atomic E-state index is 11.9. The van der Waals surface area contributed by atoms with E-state index in [1.807, 2.05) is 0 Å². The second kappa shape index (κ2) is 15.9. The molecule has 0 aliphatic rings. The molecule has 0 aliphatic heterocycles. The topological polar surface area (TPSA) is 203 Å². The van der Waals surface area contributed by atoms with Crippen LogP contribution in [-0.4, -0.2) is 111 Å². The Hall–Kier alpha value is -2.57. The minimum absolute atomic E-state index is 0. The van der Waals surface area contributed by atoms with Gasteiger partial charge >= 0.3 is 23.6 Å². The number of aliphatic carboxylic acids is 2. The number of hydrogen-bond acceptors (Lipinski definition) is 12. The Balaban J connectivity index is 0.00000760. The molecule has 2 N–H and O–H groups in total. The molecule has 0 bridgehead atoms. The van der Waals surface area contributed by atoms with Crippen molar-refractivity contribution in [2.24, 2.45) is 0 Å². The number of rotatable bonds is 17. The van der Waals surface area contributed by atoms with Crippen molar-refractivity contribution in [3.8, 4) is 0 Å². The third-order valence-electron chi connectivity index (χ3n) is 6.14. The molecule has 39 heavy (non-hydrogen) atoms. The van der Waals surface area contributed by atoms with Crippen LogP contribution in [0.1, 0.15) is 11.6 Å². The van der Waals surface area contributed by atoms with Gasteiger partial charge in [-0.15, -0.1) is 0 Å². The number of carboxylic acids is 2. The van der Waals surface area contributed by atoms with Crippen LogP contribution < -0.4 is 0 Å². The summed E-state index contributed by atoms with van der Waals surface area (Å²) in [4.78, 5) is 56.4. The Bertz CT molecular complexity index is 1070. The molecule has 217 valence electrons. The number of aromatic nitrogens is 4. The zero-order chi connectivity index (χ0) is 28.6. The van der Waals surface area contributed by atoms with E-state index in [-0.39, 0.29) is 82.5 Å². The average Bonchev–Trinajstić information content (AvgIpc) is 3.40. The summed E-state index contributed by atoms with van der Waals surface area (Å²) < 4.78 is 2.72. The molecule has 0 saturated carbocycles. The zero-order valence-corrected chi connectivity index (χ0v) is 24.8. The first-order valence-corrected chi connectivity index (χ1v) is 12.7. The van der Waals surface area contributed by atoms with E-state index in [9.17, 15) is 40.0 Å². The molecule has 2 atom stereocenters. The van der Waals surface area contributed by atoms with Crippen molar-refractivity contribution < 1.29 is 49.8 Å². The van der Waals surface area contributed by atoms with Crippen LogP contribution in [0.4, 0.5) is 11.6 Å². The minimum atomic E-state index is -1.16. The van der Waals surface area contributed by atoms with Crippen LogP contribution in [-0.2, 0) is 42.8 Å². The van der Waals surface area contributed by atoms with Crippen molar-refractivity contribution in [2.75, 3.05) is 37.7 Å². The number of aryl methyl sites for hydroxylation is 2. The van der Waals surface area contributed by atoms with Gasteiger partial charge in [-0.1, -0.05) is 0 Å². The Kier molecular flexibility index (Phi) is 14.0. The van der Waals surface area contributed by atoms with Crippen molar-refractivity contribution in [2.45, 2.75) is 39.0 Å². The molecule has 0 fully saturated rings. The number of carbonyl (C=O) groups is 2. The molecule has 2 aromatic heterocycles.